The molecule has 3 heterocycles. The quantitative estimate of drug-likeness (QED) is 0.666. The van der Waals surface area contributed by atoms with Crippen molar-refractivity contribution < 1.29 is 9.32 Å². The van der Waals surface area contributed by atoms with E-state index in [1.165, 1.54) is 6.26 Å². The number of amides is 1. The summed E-state index contributed by atoms with van der Waals surface area (Å²) in [6.07, 6.45) is 1.43. The fourth-order valence-electron chi connectivity index (χ4n) is 2.22. The zero-order valence-electron chi connectivity index (χ0n) is 7.64. The maximum Gasteiger partial charge on any atom is 0.276 e. The molecule has 1 aromatic heterocycles. The van der Waals surface area contributed by atoms with Crippen LogP contribution in [-0.4, -0.2) is 41.6 Å². The third kappa shape index (κ3) is 0.988. The second kappa shape index (κ2) is 2.81. The summed E-state index contributed by atoms with van der Waals surface area (Å²) in [7, 11) is 0. The van der Waals surface area contributed by atoms with Crippen LogP contribution in [0.1, 0.15) is 10.5 Å². The van der Waals surface area contributed by atoms with Crippen LogP contribution in [0.25, 0.3) is 0 Å². The summed E-state index contributed by atoms with van der Waals surface area (Å²) in [4.78, 5) is 13.7. The van der Waals surface area contributed by atoms with Crippen LogP contribution >= 0.6 is 0 Å². The first-order chi connectivity index (χ1) is 6.86. The predicted molar refractivity (Wildman–Crippen MR) is 47.7 cm³/mol. The highest BCUT2D eigenvalue weighted by atomic mass is 16.5. The molecule has 1 N–H and O–H groups in total. The van der Waals surface area contributed by atoms with Gasteiger partial charge in [0.1, 0.15) is 6.26 Å². The van der Waals surface area contributed by atoms with Crippen molar-refractivity contribution in [1.29, 1.82) is 0 Å². The van der Waals surface area contributed by atoms with E-state index in [4.69, 9.17) is 0 Å². The highest BCUT2D eigenvalue weighted by Crippen LogP contribution is 2.28. The van der Waals surface area contributed by atoms with E-state index in [2.05, 4.69) is 15.0 Å². The average molecular weight is 193 g/mol. The van der Waals surface area contributed by atoms with Crippen molar-refractivity contribution in [3.63, 3.8) is 0 Å². The van der Waals surface area contributed by atoms with Crippen molar-refractivity contribution in [2.24, 2.45) is 5.92 Å². The van der Waals surface area contributed by atoms with E-state index in [9.17, 15) is 4.79 Å². The summed E-state index contributed by atoms with van der Waals surface area (Å²) in [6.45, 7) is 2.80. The molecule has 1 amide bonds. The second-order valence-electron chi connectivity index (χ2n) is 3.83. The SMILES string of the molecule is O=C(c1ccon1)N1CC2CNCC21. The van der Waals surface area contributed by atoms with Crippen molar-refractivity contribution in [3.8, 4) is 0 Å². The van der Waals surface area contributed by atoms with Gasteiger partial charge in [-0.05, 0) is 0 Å². The van der Waals surface area contributed by atoms with E-state index < -0.39 is 0 Å². The first-order valence-corrected chi connectivity index (χ1v) is 4.78. The molecule has 0 aliphatic carbocycles. The van der Waals surface area contributed by atoms with Gasteiger partial charge < -0.3 is 14.7 Å². The fourth-order valence-corrected chi connectivity index (χ4v) is 2.22. The Labute approximate surface area is 81.0 Å². The molecule has 2 aliphatic heterocycles. The lowest BCUT2D eigenvalue weighted by atomic mass is 9.91. The van der Waals surface area contributed by atoms with Gasteiger partial charge in [-0.25, -0.2) is 0 Å². The van der Waals surface area contributed by atoms with Gasteiger partial charge in [0.05, 0.1) is 6.04 Å². The number of nitrogens with zero attached hydrogens (tertiary/aromatic N) is 2. The minimum Gasteiger partial charge on any atom is -0.364 e. The molecule has 0 spiro atoms. The van der Waals surface area contributed by atoms with Crippen LogP contribution in [0.3, 0.4) is 0 Å². The van der Waals surface area contributed by atoms with Crippen LogP contribution < -0.4 is 5.32 Å². The summed E-state index contributed by atoms with van der Waals surface area (Å²) in [5, 5.41) is 6.92. The molecule has 0 aromatic carbocycles. The van der Waals surface area contributed by atoms with Crippen LogP contribution in [0, 0.1) is 5.92 Å². The van der Waals surface area contributed by atoms with Crippen LogP contribution in [0.5, 0.6) is 0 Å². The Balaban J connectivity index is 1.75. The van der Waals surface area contributed by atoms with E-state index in [0.717, 1.165) is 19.6 Å². The highest BCUT2D eigenvalue weighted by Gasteiger charge is 2.45. The molecule has 2 unspecified atom stereocenters. The van der Waals surface area contributed by atoms with Crippen LogP contribution in [0.15, 0.2) is 16.9 Å². The molecule has 2 aliphatic rings. The topological polar surface area (TPSA) is 58.4 Å². The molecule has 3 rings (SSSR count). The lowest BCUT2D eigenvalue weighted by Gasteiger charge is -2.43. The number of fused-ring (bicyclic) bond motifs is 1. The summed E-state index contributed by atoms with van der Waals surface area (Å²) in [5.41, 5.74) is 0.412. The summed E-state index contributed by atoms with van der Waals surface area (Å²) >= 11 is 0. The predicted octanol–water partition coefficient (Wildman–Crippen LogP) is -0.282. The number of hydrogen-bond acceptors (Lipinski definition) is 4. The molecule has 2 fully saturated rings. The number of carbonyl (C=O) groups excluding carboxylic acids is 1. The Bertz CT molecular complexity index is 349. The van der Waals surface area contributed by atoms with Gasteiger partial charge in [0, 0.05) is 31.6 Å². The lowest BCUT2D eigenvalue weighted by molar-refractivity contribution is 0.0318. The molecule has 5 nitrogen and oxygen atoms in total. The third-order valence-corrected chi connectivity index (χ3v) is 3.05. The molecule has 2 saturated heterocycles. The molecule has 0 bridgehead atoms. The molecule has 0 saturated carbocycles. The van der Waals surface area contributed by atoms with Crippen molar-refractivity contribution in [2.75, 3.05) is 19.6 Å². The zero-order chi connectivity index (χ0) is 9.54. The van der Waals surface area contributed by atoms with Gasteiger partial charge in [-0.2, -0.15) is 0 Å². The van der Waals surface area contributed by atoms with Gasteiger partial charge in [0.2, 0.25) is 0 Å². The van der Waals surface area contributed by atoms with Crippen LogP contribution in [0.2, 0.25) is 0 Å². The van der Waals surface area contributed by atoms with Gasteiger partial charge in [0.25, 0.3) is 5.91 Å². The lowest BCUT2D eigenvalue weighted by Crippen LogP contribution is -2.58. The molecular weight excluding hydrogens is 182 g/mol. The molecule has 2 atom stereocenters. The van der Waals surface area contributed by atoms with Gasteiger partial charge in [-0.1, -0.05) is 5.16 Å². The number of likely N-dealkylation sites (tertiary alicyclic amines) is 1. The summed E-state index contributed by atoms with van der Waals surface area (Å²) < 4.78 is 4.65. The Morgan fingerprint density at radius 1 is 1.64 bits per heavy atom. The minimum atomic E-state index is -0.0105. The first-order valence-electron chi connectivity index (χ1n) is 4.78. The first kappa shape index (κ1) is 7.99. The van der Waals surface area contributed by atoms with E-state index in [-0.39, 0.29) is 5.91 Å². The van der Waals surface area contributed by atoms with Crippen LogP contribution in [-0.2, 0) is 0 Å². The Kier molecular flexibility index (Phi) is 1.61. The highest BCUT2D eigenvalue weighted by molar-refractivity contribution is 5.93. The van der Waals surface area contributed by atoms with Gasteiger partial charge in [-0.3, -0.25) is 4.79 Å². The normalized spacial score (nSPS) is 29.9. The van der Waals surface area contributed by atoms with E-state index >= 15 is 0 Å². The van der Waals surface area contributed by atoms with E-state index in [0.29, 0.717) is 17.7 Å². The molecule has 0 radical (unpaired) electrons. The number of hydrogen-bond donors (Lipinski definition) is 1. The number of rotatable bonds is 1. The van der Waals surface area contributed by atoms with Crippen molar-refractivity contribution in [3.05, 3.63) is 18.0 Å². The summed E-state index contributed by atoms with van der Waals surface area (Å²) in [5.74, 6) is 0.634. The Morgan fingerprint density at radius 2 is 2.57 bits per heavy atom. The summed E-state index contributed by atoms with van der Waals surface area (Å²) in [6, 6.07) is 1.98. The number of aromatic nitrogens is 1. The average Bonchev–Trinajstić information content (AvgIpc) is 2.75. The van der Waals surface area contributed by atoms with E-state index in [1.807, 2.05) is 4.90 Å². The zero-order valence-corrected chi connectivity index (χ0v) is 7.64. The monoisotopic (exact) mass is 193 g/mol. The van der Waals surface area contributed by atoms with Crippen molar-refractivity contribution in [1.82, 2.24) is 15.4 Å². The maximum absolute atomic E-state index is 11.8. The Morgan fingerprint density at radius 3 is 3.29 bits per heavy atom. The van der Waals surface area contributed by atoms with Gasteiger partial charge in [-0.15, -0.1) is 0 Å². The molecule has 14 heavy (non-hydrogen) atoms. The van der Waals surface area contributed by atoms with Crippen LogP contribution in [0.4, 0.5) is 0 Å². The van der Waals surface area contributed by atoms with Crippen molar-refractivity contribution >= 4 is 5.91 Å². The smallest absolute Gasteiger partial charge is 0.276 e. The standard InChI is InChI=1S/C9H11N3O2/c13-9(7-1-2-14-11-7)12-5-6-3-10-4-8(6)12/h1-2,6,8,10H,3-5H2. The second-order valence-corrected chi connectivity index (χ2v) is 3.83. The molecular formula is C9H11N3O2. The number of carbonyl (C=O) groups is 1. The van der Waals surface area contributed by atoms with Gasteiger partial charge >= 0.3 is 0 Å². The fraction of sp³-hybridized carbons (Fsp3) is 0.556. The molecule has 1 aromatic rings. The van der Waals surface area contributed by atoms with E-state index in [1.54, 1.807) is 6.07 Å². The Hall–Kier alpha value is -1.36. The van der Waals surface area contributed by atoms with Gasteiger partial charge in [0.15, 0.2) is 5.69 Å². The maximum atomic E-state index is 11.8. The molecule has 5 heteroatoms. The number of nitrogens with one attached hydrogen (secondary N) is 1. The minimum absolute atomic E-state index is 0.0105. The van der Waals surface area contributed by atoms with Crippen molar-refractivity contribution in [2.45, 2.75) is 6.04 Å². The largest absolute Gasteiger partial charge is 0.364 e. The third-order valence-electron chi connectivity index (χ3n) is 3.05. The molecule has 74 valence electrons.